The maximum atomic E-state index is 11.7. The van der Waals surface area contributed by atoms with Crippen LogP contribution in [0.4, 0.5) is 11.4 Å². The lowest BCUT2D eigenvalue weighted by molar-refractivity contribution is 0.563. The molecule has 2 N–H and O–H groups in total. The van der Waals surface area contributed by atoms with Crippen LogP contribution in [0.2, 0.25) is 0 Å². The smallest absolute Gasteiger partial charge is 0.229 e. The lowest BCUT2D eigenvalue weighted by Gasteiger charge is -2.29. The Balaban J connectivity index is 1.66. The van der Waals surface area contributed by atoms with Crippen LogP contribution in [0, 0.1) is 20.8 Å². The molecule has 0 aliphatic carbocycles. The van der Waals surface area contributed by atoms with Gasteiger partial charge in [0.05, 0.1) is 24.0 Å². The van der Waals surface area contributed by atoms with Gasteiger partial charge in [0, 0.05) is 40.2 Å². The molecule has 2 aromatic heterocycles. The molecule has 0 unspecified atom stereocenters. The third-order valence-corrected chi connectivity index (χ3v) is 7.79. The highest BCUT2D eigenvalue weighted by molar-refractivity contribution is 7.92. The van der Waals surface area contributed by atoms with Crippen LogP contribution in [0.3, 0.4) is 0 Å². The summed E-state index contributed by atoms with van der Waals surface area (Å²) in [6.45, 7) is 6.45. The summed E-state index contributed by atoms with van der Waals surface area (Å²) in [6.07, 6.45) is 2.94. The SMILES string of the molecule is Cc1c([C@H]2[C@@H](c3ccccn3)NC(=S)N2c2ccc(NS(C)(=O)=O)cc2)c(C)n(-c2ccccc2)c1C. The Morgan fingerprint density at radius 2 is 1.57 bits per heavy atom. The average Bonchev–Trinajstić information content (AvgIpc) is 3.32. The molecule has 5 rings (SSSR count). The molecule has 0 amide bonds. The van der Waals surface area contributed by atoms with Gasteiger partial charge in [0.1, 0.15) is 0 Å². The number of benzene rings is 2. The zero-order valence-corrected chi connectivity index (χ0v) is 22.8. The molecule has 0 bridgehead atoms. The molecule has 9 heteroatoms. The first-order chi connectivity index (χ1) is 17.7. The molecule has 2 aromatic carbocycles. The van der Waals surface area contributed by atoms with Crippen molar-refractivity contribution in [1.82, 2.24) is 14.9 Å². The molecule has 1 fully saturated rings. The number of aromatic nitrogens is 2. The summed E-state index contributed by atoms with van der Waals surface area (Å²) in [7, 11) is -3.37. The third-order valence-electron chi connectivity index (χ3n) is 6.86. The van der Waals surface area contributed by atoms with E-state index in [0.717, 1.165) is 29.0 Å². The first-order valence-electron chi connectivity index (χ1n) is 12.0. The predicted octanol–water partition coefficient (Wildman–Crippen LogP) is 5.35. The highest BCUT2D eigenvalue weighted by atomic mass is 32.2. The van der Waals surface area contributed by atoms with Crippen molar-refractivity contribution in [2.45, 2.75) is 32.9 Å². The van der Waals surface area contributed by atoms with Crippen LogP contribution in [0.15, 0.2) is 79.0 Å². The number of nitrogens with one attached hydrogen (secondary N) is 2. The molecule has 0 radical (unpaired) electrons. The highest BCUT2D eigenvalue weighted by Crippen LogP contribution is 2.45. The van der Waals surface area contributed by atoms with E-state index in [-0.39, 0.29) is 12.1 Å². The van der Waals surface area contributed by atoms with Crippen molar-refractivity contribution in [2.75, 3.05) is 15.9 Å². The summed E-state index contributed by atoms with van der Waals surface area (Å²) in [5.74, 6) is 0. The summed E-state index contributed by atoms with van der Waals surface area (Å²) in [4.78, 5) is 6.78. The molecule has 37 heavy (non-hydrogen) atoms. The van der Waals surface area contributed by atoms with Gasteiger partial charge < -0.3 is 14.8 Å². The number of pyridine rings is 1. The standard InChI is InChI=1S/C28H29N5O2S2/c1-18-19(2)32(22-10-6-5-7-11-22)20(3)25(18)27-26(24-12-8-9-17-29-24)30-28(36)33(27)23-15-13-21(14-16-23)31-37(4,34)35/h5-17,26-27,31H,1-4H3,(H,30,36)/t26-,27+/m1/s1. The van der Waals surface area contributed by atoms with Gasteiger partial charge in [-0.1, -0.05) is 24.3 Å². The largest absolute Gasteiger partial charge is 0.351 e. The summed E-state index contributed by atoms with van der Waals surface area (Å²) in [6, 6.07) is 23.2. The number of para-hydroxylation sites is 1. The summed E-state index contributed by atoms with van der Waals surface area (Å²) >= 11 is 5.89. The van der Waals surface area contributed by atoms with Crippen molar-refractivity contribution < 1.29 is 8.42 Å². The maximum Gasteiger partial charge on any atom is 0.229 e. The van der Waals surface area contributed by atoms with Gasteiger partial charge in [-0.25, -0.2) is 8.42 Å². The zero-order valence-electron chi connectivity index (χ0n) is 21.1. The van der Waals surface area contributed by atoms with E-state index in [0.29, 0.717) is 10.8 Å². The molecule has 2 atom stereocenters. The summed E-state index contributed by atoms with van der Waals surface area (Å²) in [5, 5.41) is 4.11. The van der Waals surface area contributed by atoms with Crippen LogP contribution in [0.25, 0.3) is 5.69 Å². The lowest BCUT2D eigenvalue weighted by Crippen LogP contribution is -2.29. The van der Waals surface area contributed by atoms with Gasteiger partial charge in [-0.15, -0.1) is 0 Å². The van der Waals surface area contributed by atoms with Crippen LogP contribution < -0.4 is 14.9 Å². The Labute approximate surface area is 223 Å². The monoisotopic (exact) mass is 531 g/mol. The molecule has 7 nitrogen and oxygen atoms in total. The van der Waals surface area contributed by atoms with E-state index in [1.54, 1.807) is 18.3 Å². The predicted molar refractivity (Wildman–Crippen MR) is 153 cm³/mol. The molecule has 0 saturated carbocycles. The number of sulfonamides is 1. The molecule has 1 aliphatic rings. The minimum absolute atomic E-state index is 0.167. The van der Waals surface area contributed by atoms with Crippen LogP contribution in [0.1, 0.15) is 40.3 Å². The Morgan fingerprint density at radius 3 is 2.19 bits per heavy atom. The van der Waals surface area contributed by atoms with Crippen molar-refractivity contribution in [3.63, 3.8) is 0 Å². The van der Waals surface area contributed by atoms with Crippen molar-refractivity contribution in [1.29, 1.82) is 0 Å². The molecule has 190 valence electrons. The van der Waals surface area contributed by atoms with Crippen LogP contribution >= 0.6 is 12.2 Å². The Kier molecular flexibility index (Phi) is 6.51. The van der Waals surface area contributed by atoms with Crippen LogP contribution in [-0.2, 0) is 10.0 Å². The zero-order chi connectivity index (χ0) is 26.3. The van der Waals surface area contributed by atoms with Crippen molar-refractivity contribution in [2.24, 2.45) is 0 Å². The number of thiocarbonyl (C=S) groups is 1. The summed E-state index contributed by atoms with van der Waals surface area (Å²) in [5.41, 5.74) is 8.06. The lowest BCUT2D eigenvalue weighted by atomic mass is 9.93. The number of anilines is 2. The molecule has 0 spiro atoms. The minimum Gasteiger partial charge on any atom is -0.351 e. The highest BCUT2D eigenvalue weighted by Gasteiger charge is 2.43. The first kappa shape index (κ1) is 25.0. The molecule has 3 heterocycles. The van der Waals surface area contributed by atoms with Crippen molar-refractivity contribution in [3.05, 3.63) is 107 Å². The Bertz CT molecular complexity index is 1550. The van der Waals surface area contributed by atoms with Gasteiger partial charge in [-0.2, -0.15) is 0 Å². The quantitative estimate of drug-likeness (QED) is 0.327. The van der Waals surface area contributed by atoms with E-state index in [1.807, 2.05) is 48.5 Å². The van der Waals surface area contributed by atoms with Gasteiger partial charge in [-0.3, -0.25) is 9.71 Å². The molecule has 4 aromatic rings. The van der Waals surface area contributed by atoms with E-state index in [2.05, 4.69) is 57.4 Å². The van der Waals surface area contributed by atoms with E-state index in [9.17, 15) is 8.42 Å². The second-order valence-corrected chi connectivity index (χ2v) is 11.4. The topological polar surface area (TPSA) is 79.3 Å². The molecular formula is C28H29N5O2S2. The third kappa shape index (κ3) is 4.72. The van der Waals surface area contributed by atoms with Gasteiger partial charge >= 0.3 is 0 Å². The molecular weight excluding hydrogens is 502 g/mol. The Hall–Kier alpha value is -3.69. The number of nitrogens with zero attached hydrogens (tertiary/aromatic N) is 3. The van der Waals surface area contributed by atoms with Crippen LogP contribution in [0.5, 0.6) is 0 Å². The summed E-state index contributed by atoms with van der Waals surface area (Å²) < 4.78 is 28.2. The van der Waals surface area contributed by atoms with E-state index in [4.69, 9.17) is 12.2 Å². The molecule has 1 saturated heterocycles. The fourth-order valence-electron chi connectivity index (χ4n) is 5.24. The van der Waals surface area contributed by atoms with E-state index >= 15 is 0 Å². The molecule has 1 aliphatic heterocycles. The number of hydrogen-bond acceptors (Lipinski definition) is 4. The fraction of sp³-hybridized carbons (Fsp3) is 0.214. The maximum absolute atomic E-state index is 11.7. The number of hydrogen-bond donors (Lipinski definition) is 2. The second kappa shape index (κ2) is 9.64. The van der Waals surface area contributed by atoms with Crippen molar-refractivity contribution >= 4 is 38.7 Å². The van der Waals surface area contributed by atoms with Gasteiger partial charge in [0.2, 0.25) is 10.0 Å². The van der Waals surface area contributed by atoms with E-state index in [1.165, 1.54) is 16.8 Å². The minimum atomic E-state index is -3.37. The normalized spacial score (nSPS) is 17.6. The first-order valence-corrected chi connectivity index (χ1v) is 14.3. The average molecular weight is 532 g/mol. The van der Waals surface area contributed by atoms with E-state index < -0.39 is 10.0 Å². The Morgan fingerprint density at radius 1 is 0.892 bits per heavy atom. The van der Waals surface area contributed by atoms with Crippen molar-refractivity contribution in [3.8, 4) is 5.69 Å². The van der Waals surface area contributed by atoms with Gasteiger partial charge in [0.25, 0.3) is 0 Å². The van der Waals surface area contributed by atoms with Gasteiger partial charge in [0.15, 0.2) is 5.11 Å². The second-order valence-electron chi connectivity index (χ2n) is 9.30. The van der Waals surface area contributed by atoms with Crippen LogP contribution in [-0.4, -0.2) is 29.3 Å². The number of rotatable bonds is 6. The fourth-order valence-corrected chi connectivity index (χ4v) is 6.15. The van der Waals surface area contributed by atoms with Gasteiger partial charge in [-0.05, 0) is 87.1 Å².